The first-order chi connectivity index (χ1) is 9.00. The monoisotopic (exact) mass is 386 g/mol. The molecule has 19 heavy (non-hydrogen) atoms. The zero-order chi connectivity index (χ0) is 12.7. The van der Waals surface area contributed by atoms with Crippen LogP contribution in [0.5, 0.6) is 0 Å². The first-order valence-electron chi connectivity index (χ1n) is 7.73. The summed E-state index contributed by atoms with van der Waals surface area (Å²) in [5.41, 5.74) is 0. The van der Waals surface area contributed by atoms with Crippen LogP contribution in [-0.4, -0.2) is 39.6 Å². The lowest BCUT2D eigenvalue weighted by molar-refractivity contribution is 0.0967. The van der Waals surface area contributed by atoms with E-state index in [1.54, 1.807) is 0 Å². The Morgan fingerprint density at radius 1 is 0.316 bits per heavy atom. The Morgan fingerprint density at radius 2 is 0.526 bits per heavy atom. The molecule has 0 saturated carbocycles. The molecular formula is C15H31IO3. The van der Waals surface area contributed by atoms with E-state index in [9.17, 15) is 0 Å². The normalized spacial score (nSPS) is 22.7. The second-order valence-corrected chi connectivity index (χ2v) is 5.02. The molecule has 3 nitrogen and oxygen atoms in total. The zero-order valence-electron chi connectivity index (χ0n) is 12.2. The molecule has 4 heteroatoms. The van der Waals surface area contributed by atoms with Gasteiger partial charge in [-0.05, 0) is 57.8 Å². The van der Waals surface area contributed by atoms with Crippen molar-refractivity contribution in [1.82, 2.24) is 0 Å². The Labute approximate surface area is 135 Å². The first kappa shape index (κ1) is 19.6. The summed E-state index contributed by atoms with van der Waals surface area (Å²) in [5, 5.41) is 0. The minimum absolute atomic E-state index is 0. The van der Waals surface area contributed by atoms with Crippen molar-refractivity contribution in [2.24, 2.45) is 0 Å². The highest BCUT2D eigenvalue weighted by Gasteiger charge is 1.96. The summed E-state index contributed by atoms with van der Waals surface area (Å²) in [5.74, 6) is 0. The average molecular weight is 386 g/mol. The van der Waals surface area contributed by atoms with Gasteiger partial charge >= 0.3 is 0 Å². The largest absolute Gasteiger partial charge is 0.381 e. The van der Waals surface area contributed by atoms with Crippen molar-refractivity contribution in [3.05, 3.63) is 0 Å². The molecule has 3 aliphatic rings. The molecule has 3 rings (SSSR count). The van der Waals surface area contributed by atoms with Gasteiger partial charge in [0.25, 0.3) is 0 Å². The SMILES string of the molecule is C1CCOCC1.C1CCOCC1.C1CCOCC1.I. The van der Waals surface area contributed by atoms with Crippen molar-refractivity contribution < 1.29 is 14.2 Å². The predicted octanol–water partition coefficient (Wildman–Crippen LogP) is 4.18. The fraction of sp³-hybridized carbons (Fsp3) is 1.00. The third-order valence-electron chi connectivity index (χ3n) is 3.23. The maximum absolute atomic E-state index is 5.07. The molecule has 3 aliphatic heterocycles. The molecule has 0 N–H and O–H groups in total. The quantitative estimate of drug-likeness (QED) is 0.585. The van der Waals surface area contributed by atoms with Gasteiger partial charge in [-0.1, -0.05) is 0 Å². The lowest BCUT2D eigenvalue weighted by atomic mass is 10.2. The van der Waals surface area contributed by atoms with Crippen LogP contribution in [0.3, 0.4) is 0 Å². The summed E-state index contributed by atoms with van der Waals surface area (Å²) in [4.78, 5) is 0. The van der Waals surface area contributed by atoms with E-state index in [2.05, 4.69) is 0 Å². The molecule has 116 valence electrons. The molecule has 0 radical (unpaired) electrons. The smallest absolute Gasteiger partial charge is 0.0466 e. The highest BCUT2D eigenvalue weighted by molar-refractivity contribution is 14.0. The van der Waals surface area contributed by atoms with Gasteiger partial charge in [-0.15, -0.1) is 24.0 Å². The fourth-order valence-electron chi connectivity index (χ4n) is 2.06. The van der Waals surface area contributed by atoms with Gasteiger partial charge in [-0.2, -0.15) is 0 Å². The van der Waals surface area contributed by atoms with E-state index in [1.165, 1.54) is 57.8 Å². The van der Waals surface area contributed by atoms with Gasteiger partial charge in [0.15, 0.2) is 0 Å². The number of halogens is 1. The van der Waals surface area contributed by atoms with Crippen LogP contribution in [0, 0.1) is 0 Å². The number of rotatable bonds is 0. The summed E-state index contributed by atoms with van der Waals surface area (Å²) in [6.07, 6.45) is 11.8. The minimum atomic E-state index is 0. The molecule has 0 aromatic heterocycles. The van der Waals surface area contributed by atoms with Gasteiger partial charge in [0, 0.05) is 39.6 Å². The topological polar surface area (TPSA) is 27.7 Å². The van der Waals surface area contributed by atoms with Crippen LogP contribution in [0.15, 0.2) is 0 Å². The molecule has 0 unspecified atom stereocenters. The molecular weight excluding hydrogens is 355 g/mol. The molecule has 0 aliphatic carbocycles. The van der Waals surface area contributed by atoms with Gasteiger partial charge in [0.05, 0.1) is 0 Å². The molecule has 3 saturated heterocycles. The summed E-state index contributed by atoms with van der Waals surface area (Å²) >= 11 is 0. The summed E-state index contributed by atoms with van der Waals surface area (Å²) in [6.45, 7) is 6.00. The lowest BCUT2D eigenvalue weighted by Crippen LogP contribution is -2.03. The highest BCUT2D eigenvalue weighted by Crippen LogP contribution is 2.03. The zero-order valence-corrected chi connectivity index (χ0v) is 14.6. The van der Waals surface area contributed by atoms with Crippen molar-refractivity contribution in [2.45, 2.75) is 57.8 Å². The molecule has 0 amide bonds. The van der Waals surface area contributed by atoms with E-state index in [0.29, 0.717) is 0 Å². The Morgan fingerprint density at radius 3 is 0.579 bits per heavy atom. The molecule has 0 spiro atoms. The van der Waals surface area contributed by atoms with Crippen molar-refractivity contribution in [1.29, 1.82) is 0 Å². The Balaban J connectivity index is 0.000000249. The van der Waals surface area contributed by atoms with E-state index in [1.807, 2.05) is 0 Å². The number of hydrogen-bond donors (Lipinski definition) is 0. The van der Waals surface area contributed by atoms with Crippen molar-refractivity contribution in [3.8, 4) is 0 Å². The van der Waals surface area contributed by atoms with Gasteiger partial charge in [0.1, 0.15) is 0 Å². The van der Waals surface area contributed by atoms with Crippen molar-refractivity contribution in [3.63, 3.8) is 0 Å². The van der Waals surface area contributed by atoms with E-state index < -0.39 is 0 Å². The maximum Gasteiger partial charge on any atom is 0.0466 e. The van der Waals surface area contributed by atoms with Crippen LogP contribution in [0.4, 0.5) is 0 Å². The number of ether oxygens (including phenoxy) is 3. The maximum atomic E-state index is 5.07. The molecule has 0 atom stereocenters. The van der Waals surface area contributed by atoms with Crippen LogP contribution in [-0.2, 0) is 14.2 Å². The van der Waals surface area contributed by atoms with Crippen molar-refractivity contribution >= 4 is 24.0 Å². The van der Waals surface area contributed by atoms with Gasteiger partial charge < -0.3 is 14.2 Å². The average Bonchev–Trinajstić information content (AvgIpc) is 2.54. The molecule has 3 heterocycles. The van der Waals surface area contributed by atoms with Crippen molar-refractivity contribution in [2.75, 3.05) is 39.6 Å². The number of hydrogen-bond acceptors (Lipinski definition) is 3. The predicted molar refractivity (Wildman–Crippen MR) is 89.4 cm³/mol. The van der Waals surface area contributed by atoms with Gasteiger partial charge in [-0.25, -0.2) is 0 Å². The molecule has 0 aromatic carbocycles. The van der Waals surface area contributed by atoms with Gasteiger partial charge in [0.2, 0.25) is 0 Å². The highest BCUT2D eigenvalue weighted by atomic mass is 127. The fourth-order valence-corrected chi connectivity index (χ4v) is 2.06. The Hall–Kier alpha value is 0.610. The molecule has 0 aromatic rings. The van der Waals surface area contributed by atoms with E-state index >= 15 is 0 Å². The standard InChI is InChI=1S/3C5H10O.HI/c3*1-2-4-6-5-3-1;/h3*1-5H2;1H. The van der Waals surface area contributed by atoms with Crippen LogP contribution in [0.1, 0.15) is 57.8 Å². The Kier molecular flexibility index (Phi) is 17.2. The third-order valence-corrected chi connectivity index (χ3v) is 3.23. The van der Waals surface area contributed by atoms with E-state index in [0.717, 1.165) is 39.6 Å². The second-order valence-electron chi connectivity index (χ2n) is 5.02. The van der Waals surface area contributed by atoms with Crippen LogP contribution >= 0.6 is 24.0 Å². The van der Waals surface area contributed by atoms with E-state index in [4.69, 9.17) is 14.2 Å². The molecule has 0 bridgehead atoms. The summed E-state index contributed by atoms with van der Waals surface area (Å²) in [6, 6.07) is 0. The second kappa shape index (κ2) is 16.7. The van der Waals surface area contributed by atoms with E-state index in [-0.39, 0.29) is 24.0 Å². The lowest BCUT2D eigenvalue weighted by Gasteiger charge is -2.08. The molecule has 3 fully saturated rings. The first-order valence-corrected chi connectivity index (χ1v) is 7.73. The summed E-state index contributed by atoms with van der Waals surface area (Å²) in [7, 11) is 0. The van der Waals surface area contributed by atoms with Crippen LogP contribution < -0.4 is 0 Å². The van der Waals surface area contributed by atoms with Crippen LogP contribution in [0.25, 0.3) is 0 Å². The third kappa shape index (κ3) is 14.8. The summed E-state index contributed by atoms with van der Waals surface area (Å²) < 4.78 is 15.2. The minimum Gasteiger partial charge on any atom is -0.381 e. The Bertz CT molecular complexity index is 92.4. The van der Waals surface area contributed by atoms with Crippen LogP contribution in [0.2, 0.25) is 0 Å². The van der Waals surface area contributed by atoms with Gasteiger partial charge in [-0.3, -0.25) is 0 Å².